The van der Waals surface area contributed by atoms with Gasteiger partial charge in [0.1, 0.15) is 11.8 Å². The molecule has 1 fully saturated rings. The van der Waals surface area contributed by atoms with Crippen molar-refractivity contribution in [3.63, 3.8) is 0 Å². The molecule has 0 aromatic carbocycles. The molecule has 19 heavy (non-hydrogen) atoms. The van der Waals surface area contributed by atoms with Crippen LogP contribution < -0.4 is 0 Å². The Bertz CT molecular complexity index is 498. The molecule has 0 N–H and O–H groups in total. The number of carbonyl (C=O) groups is 1. The number of nitriles is 1. The summed E-state index contributed by atoms with van der Waals surface area (Å²) in [4.78, 5) is 18.1. The number of nitrogens with zero attached hydrogens (tertiary/aromatic N) is 3. The van der Waals surface area contributed by atoms with E-state index in [0.717, 1.165) is 0 Å². The third kappa shape index (κ3) is 3.31. The fourth-order valence-electron chi connectivity index (χ4n) is 2.04. The number of halogens is 1. The summed E-state index contributed by atoms with van der Waals surface area (Å²) in [6, 6.07) is 5.17. The average molecular weight is 324 g/mol. The van der Waals surface area contributed by atoms with Crippen LogP contribution in [0.3, 0.4) is 0 Å². The lowest BCUT2D eigenvalue weighted by atomic mass is 10.2. The first-order valence-electron chi connectivity index (χ1n) is 6.01. The fraction of sp³-hybridized carbons (Fsp3) is 0.462. The highest BCUT2D eigenvalue weighted by Gasteiger charge is 2.28. The first-order valence-corrected chi connectivity index (χ1v) is 7.13. The van der Waals surface area contributed by atoms with E-state index in [4.69, 9.17) is 10.00 Å². The first-order chi connectivity index (χ1) is 9.13. The summed E-state index contributed by atoms with van der Waals surface area (Å²) >= 11 is 3.38. The van der Waals surface area contributed by atoms with Crippen molar-refractivity contribution in [3.8, 4) is 6.07 Å². The van der Waals surface area contributed by atoms with Crippen LogP contribution in [0.2, 0.25) is 0 Å². The largest absolute Gasteiger partial charge is 0.371 e. The quantitative estimate of drug-likeness (QED) is 0.775. The minimum Gasteiger partial charge on any atom is -0.371 e. The van der Waals surface area contributed by atoms with Gasteiger partial charge in [-0.15, -0.1) is 0 Å². The standard InChI is InChI=1S/C13H14BrN3O2/c1-9-7-17(8-11(4-14)19-9)13(18)12-3-2-10(5-15)6-16-12/h2-3,6,9,11H,4,7-8H2,1H3. The molecule has 1 aliphatic rings. The van der Waals surface area contributed by atoms with Gasteiger partial charge < -0.3 is 9.64 Å². The van der Waals surface area contributed by atoms with Gasteiger partial charge in [-0.05, 0) is 19.1 Å². The van der Waals surface area contributed by atoms with Crippen molar-refractivity contribution < 1.29 is 9.53 Å². The molecular formula is C13H14BrN3O2. The van der Waals surface area contributed by atoms with E-state index < -0.39 is 0 Å². The van der Waals surface area contributed by atoms with E-state index in [1.54, 1.807) is 17.0 Å². The number of hydrogen-bond acceptors (Lipinski definition) is 4. The van der Waals surface area contributed by atoms with Crippen LogP contribution in [0, 0.1) is 11.3 Å². The van der Waals surface area contributed by atoms with Gasteiger partial charge in [-0.1, -0.05) is 15.9 Å². The second-order valence-electron chi connectivity index (χ2n) is 4.48. The van der Waals surface area contributed by atoms with Crippen LogP contribution in [0.4, 0.5) is 0 Å². The van der Waals surface area contributed by atoms with Gasteiger partial charge in [0.15, 0.2) is 0 Å². The molecule has 6 heteroatoms. The molecule has 100 valence electrons. The Hall–Kier alpha value is -1.45. The molecule has 1 aromatic rings. The fourth-order valence-corrected chi connectivity index (χ4v) is 2.40. The summed E-state index contributed by atoms with van der Waals surface area (Å²) < 4.78 is 5.68. The molecule has 0 aliphatic carbocycles. The van der Waals surface area contributed by atoms with E-state index in [2.05, 4.69) is 20.9 Å². The van der Waals surface area contributed by atoms with E-state index in [-0.39, 0.29) is 18.1 Å². The SMILES string of the molecule is CC1CN(C(=O)c2ccc(C#N)cn2)CC(CBr)O1. The summed E-state index contributed by atoms with van der Waals surface area (Å²) in [6.45, 7) is 3.06. The predicted octanol–water partition coefficient (Wildman–Crippen LogP) is 1.58. The van der Waals surface area contributed by atoms with Crippen LogP contribution in [0.15, 0.2) is 18.3 Å². The average Bonchev–Trinajstić information content (AvgIpc) is 2.46. The summed E-state index contributed by atoms with van der Waals surface area (Å²) in [7, 11) is 0. The van der Waals surface area contributed by atoms with Crippen molar-refractivity contribution in [2.24, 2.45) is 0 Å². The van der Waals surface area contributed by atoms with Crippen molar-refractivity contribution in [1.82, 2.24) is 9.88 Å². The van der Waals surface area contributed by atoms with Crippen LogP contribution in [-0.4, -0.2) is 46.4 Å². The zero-order valence-corrected chi connectivity index (χ0v) is 12.1. The van der Waals surface area contributed by atoms with Gasteiger partial charge in [0.2, 0.25) is 0 Å². The smallest absolute Gasteiger partial charge is 0.272 e. The summed E-state index contributed by atoms with van der Waals surface area (Å²) in [6.07, 6.45) is 1.43. The molecule has 0 spiro atoms. The molecule has 5 nitrogen and oxygen atoms in total. The van der Waals surface area contributed by atoms with Crippen LogP contribution in [0.1, 0.15) is 23.0 Å². The van der Waals surface area contributed by atoms with Gasteiger partial charge in [-0.25, -0.2) is 4.98 Å². The highest BCUT2D eigenvalue weighted by molar-refractivity contribution is 9.09. The second kappa shape index (κ2) is 6.13. The third-order valence-electron chi connectivity index (χ3n) is 2.90. The molecule has 0 bridgehead atoms. The Morgan fingerprint density at radius 1 is 1.63 bits per heavy atom. The van der Waals surface area contributed by atoms with Crippen LogP contribution in [0.25, 0.3) is 0 Å². The molecule has 2 heterocycles. The summed E-state index contributed by atoms with van der Waals surface area (Å²) in [5.41, 5.74) is 0.812. The molecule has 0 saturated carbocycles. The zero-order valence-electron chi connectivity index (χ0n) is 10.5. The molecule has 2 rings (SSSR count). The first kappa shape index (κ1) is 14.0. The Labute approximate surface area is 120 Å². The van der Waals surface area contributed by atoms with E-state index in [0.29, 0.717) is 29.7 Å². The van der Waals surface area contributed by atoms with E-state index in [1.165, 1.54) is 6.20 Å². The minimum atomic E-state index is -0.120. The Balaban J connectivity index is 2.11. The van der Waals surface area contributed by atoms with Crippen LogP contribution in [-0.2, 0) is 4.74 Å². The normalized spacial score (nSPS) is 22.9. The number of morpholine rings is 1. The molecule has 2 unspecified atom stereocenters. The Morgan fingerprint density at radius 2 is 2.42 bits per heavy atom. The summed E-state index contributed by atoms with van der Waals surface area (Å²) in [5, 5.41) is 9.41. The second-order valence-corrected chi connectivity index (χ2v) is 5.12. The highest BCUT2D eigenvalue weighted by Crippen LogP contribution is 2.15. The minimum absolute atomic E-state index is 0.00563. The topological polar surface area (TPSA) is 66.2 Å². The number of ether oxygens (including phenoxy) is 1. The van der Waals surface area contributed by atoms with Crippen molar-refractivity contribution in [2.45, 2.75) is 19.1 Å². The number of amides is 1. The zero-order chi connectivity index (χ0) is 13.8. The number of carbonyl (C=O) groups excluding carboxylic acids is 1. The molecule has 0 radical (unpaired) electrons. The molecule has 1 saturated heterocycles. The van der Waals surface area contributed by atoms with Crippen molar-refractivity contribution in [2.75, 3.05) is 18.4 Å². The van der Waals surface area contributed by atoms with Crippen LogP contribution >= 0.6 is 15.9 Å². The van der Waals surface area contributed by atoms with Gasteiger partial charge in [-0.3, -0.25) is 4.79 Å². The monoisotopic (exact) mass is 323 g/mol. The van der Waals surface area contributed by atoms with Crippen molar-refractivity contribution >= 4 is 21.8 Å². The van der Waals surface area contributed by atoms with Crippen LogP contribution in [0.5, 0.6) is 0 Å². The molecule has 1 amide bonds. The third-order valence-corrected chi connectivity index (χ3v) is 3.62. The maximum Gasteiger partial charge on any atom is 0.272 e. The summed E-state index contributed by atoms with van der Waals surface area (Å²) in [5.74, 6) is -0.120. The predicted molar refractivity (Wildman–Crippen MR) is 73.0 cm³/mol. The molecule has 2 atom stereocenters. The van der Waals surface area contributed by atoms with E-state index in [1.807, 2.05) is 13.0 Å². The number of aromatic nitrogens is 1. The number of hydrogen-bond donors (Lipinski definition) is 0. The molecule has 1 aromatic heterocycles. The molecule has 1 aliphatic heterocycles. The lowest BCUT2D eigenvalue weighted by Gasteiger charge is -2.36. The van der Waals surface area contributed by atoms with E-state index in [9.17, 15) is 4.79 Å². The van der Waals surface area contributed by atoms with Gasteiger partial charge >= 0.3 is 0 Å². The lowest BCUT2D eigenvalue weighted by Crippen LogP contribution is -2.49. The van der Waals surface area contributed by atoms with E-state index >= 15 is 0 Å². The number of alkyl halides is 1. The van der Waals surface area contributed by atoms with Crippen molar-refractivity contribution in [1.29, 1.82) is 5.26 Å². The highest BCUT2D eigenvalue weighted by atomic mass is 79.9. The lowest BCUT2D eigenvalue weighted by molar-refractivity contribution is -0.0561. The maximum absolute atomic E-state index is 12.3. The Kier molecular flexibility index (Phi) is 4.51. The number of pyridine rings is 1. The Morgan fingerprint density at radius 3 is 3.00 bits per heavy atom. The van der Waals surface area contributed by atoms with Gasteiger partial charge in [0, 0.05) is 24.6 Å². The van der Waals surface area contributed by atoms with Gasteiger partial charge in [0.25, 0.3) is 5.91 Å². The molecular weight excluding hydrogens is 310 g/mol. The van der Waals surface area contributed by atoms with Crippen molar-refractivity contribution in [3.05, 3.63) is 29.6 Å². The maximum atomic E-state index is 12.3. The van der Waals surface area contributed by atoms with Gasteiger partial charge in [-0.2, -0.15) is 5.26 Å². The van der Waals surface area contributed by atoms with Gasteiger partial charge in [0.05, 0.1) is 17.8 Å². The number of rotatable bonds is 2.